The molecule has 0 aliphatic rings. The standard InChI is InChI=1S/C10H18N4O/c1-4-15-10-7-9(12-8(2)13-10)14(3)6-5-11/h7H,4-6,11H2,1-3H3. The largest absolute Gasteiger partial charge is 0.478 e. The van der Waals surface area contributed by atoms with Crippen LogP contribution in [-0.2, 0) is 0 Å². The number of aromatic nitrogens is 2. The first-order valence-electron chi connectivity index (χ1n) is 5.07. The Balaban J connectivity index is 2.87. The minimum Gasteiger partial charge on any atom is -0.478 e. The van der Waals surface area contributed by atoms with Gasteiger partial charge in [-0.3, -0.25) is 0 Å². The van der Waals surface area contributed by atoms with Crippen molar-refractivity contribution in [3.8, 4) is 5.88 Å². The molecule has 0 fully saturated rings. The Morgan fingerprint density at radius 3 is 2.80 bits per heavy atom. The highest BCUT2D eigenvalue weighted by molar-refractivity contribution is 5.40. The van der Waals surface area contributed by atoms with Gasteiger partial charge in [-0.25, -0.2) is 4.98 Å². The molecule has 0 saturated carbocycles. The average molecular weight is 210 g/mol. The third kappa shape index (κ3) is 3.36. The van der Waals surface area contributed by atoms with E-state index in [9.17, 15) is 0 Å². The molecule has 1 aromatic heterocycles. The van der Waals surface area contributed by atoms with Gasteiger partial charge in [0.25, 0.3) is 0 Å². The van der Waals surface area contributed by atoms with Gasteiger partial charge >= 0.3 is 0 Å². The molecule has 1 aromatic rings. The van der Waals surface area contributed by atoms with E-state index in [1.54, 1.807) is 0 Å². The summed E-state index contributed by atoms with van der Waals surface area (Å²) >= 11 is 0. The smallest absolute Gasteiger partial charge is 0.218 e. The van der Waals surface area contributed by atoms with Gasteiger partial charge in [0.15, 0.2) is 0 Å². The van der Waals surface area contributed by atoms with Crippen LogP contribution < -0.4 is 15.4 Å². The van der Waals surface area contributed by atoms with Crippen molar-refractivity contribution in [3.05, 3.63) is 11.9 Å². The zero-order chi connectivity index (χ0) is 11.3. The Bertz CT molecular complexity index is 316. The molecule has 0 aliphatic heterocycles. The van der Waals surface area contributed by atoms with Crippen LogP contribution in [0.15, 0.2) is 6.07 Å². The lowest BCUT2D eigenvalue weighted by molar-refractivity contribution is 0.325. The van der Waals surface area contributed by atoms with E-state index in [2.05, 4.69) is 9.97 Å². The number of hydrogen-bond donors (Lipinski definition) is 1. The maximum atomic E-state index is 5.49. The predicted molar refractivity (Wildman–Crippen MR) is 60.3 cm³/mol. The monoisotopic (exact) mass is 210 g/mol. The molecule has 5 heteroatoms. The molecule has 0 spiro atoms. The van der Waals surface area contributed by atoms with Crippen LogP contribution in [0.1, 0.15) is 12.7 Å². The van der Waals surface area contributed by atoms with Crippen molar-refractivity contribution in [1.82, 2.24) is 9.97 Å². The van der Waals surface area contributed by atoms with E-state index in [4.69, 9.17) is 10.5 Å². The van der Waals surface area contributed by atoms with Crippen LogP contribution in [-0.4, -0.2) is 36.7 Å². The number of nitrogens with two attached hydrogens (primary N) is 1. The molecular weight excluding hydrogens is 192 g/mol. The second-order valence-electron chi connectivity index (χ2n) is 3.25. The van der Waals surface area contributed by atoms with Crippen molar-refractivity contribution < 1.29 is 4.74 Å². The van der Waals surface area contributed by atoms with Crippen LogP contribution in [0.5, 0.6) is 5.88 Å². The van der Waals surface area contributed by atoms with Gasteiger partial charge in [0.2, 0.25) is 5.88 Å². The third-order valence-electron chi connectivity index (χ3n) is 1.95. The van der Waals surface area contributed by atoms with Gasteiger partial charge in [0.05, 0.1) is 6.61 Å². The number of aryl methyl sites for hydroxylation is 1. The Hall–Kier alpha value is -1.36. The van der Waals surface area contributed by atoms with Gasteiger partial charge in [-0.05, 0) is 13.8 Å². The first kappa shape index (κ1) is 11.7. The lowest BCUT2D eigenvalue weighted by Crippen LogP contribution is -2.26. The van der Waals surface area contributed by atoms with Gasteiger partial charge in [-0.2, -0.15) is 4.98 Å². The molecule has 5 nitrogen and oxygen atoms in total. The van der Waals surface area contributed by atoms with E-state index >= 15 is 0 Å². The molecule has 2 N–H and O–H groups in total. The van der Waals surface area contributed by atoms with Crippen molar-refractivity contribution >= 4 is 5.82 Å². The number of nitrogens with zero attached hydrogens (tertiary/aromatic N) is 3. The van der Waals surface area contributed by atoms with E-state index in [1.807, 2.05) is 31.9 Å². The SMILES string of the molecule is CCOc1cc(N(C)CCN)nc(C)n1. The summed E-state index contributed by atoms with van der Waals surface area (Å²) in [4.78, 5) is 10.5. The van der Waals surface area contributed by atoms with Crippen molar-refractivity contribution in [2.75, 3.05) is 31.6 Å². The van der Waals surface area contributed by atoms with Crippen LogP contribution in [0.4, 0.5) is 5.82 Å². The van der Waals surface area contributed by atoms with E-state index in [1.165, 1.54) is 0 Å². The first-order chi connectivity index (χ1) is 7.17. The van der Waals surface area contributed by atoms with Crippen molar-refractivity contribution in [1.29, 1.82) is 0 Å². The highest BCUT2D eigenvalue weighted by Crippen LogP contribution is 2.15. The van der Waals surface area contributed by atoms with Gasteiger partial charge in [0, 0.05) is 26.2 Å². The molecule has 84 valence electrons. The van der Waals surface area contributed by atoms with Gasteiger partial charge in [-0.15, -0.1) is 0 Å². The summed E-state index contributed by atoms with van der Waals surface area (Å²) in [5, 5.41) is 0. The fraction of sp³-hybridized carbons (Fsp3) is 0.600. The van der Waals surface area contributed by atoms with Crippen LogP contribution in [0.2, 0.25) is 0 Å². The lowest BCUT2D eigenvalue weighted by Gasteiger charge is -2.17. The summed E-state index contributed by atoms with van der Waals surface area (Å²) in [6.07, 6.45) is 0. The second-order valence-corrected chi connectivity index (χ2v) is 3.25. The Morgan fingerprint density at radius 2 is 2.20 bits per heavy atom. The molecule has 0 saturated heterocycles. The quantitative estimate of drug-likeness (QED) is 0.770. The third-order valence-corrected chi connectivity index (χ3v) is 1.95. The van der Waals surface area contributed by atoms with E-state index in [-0.39, 0.29) is 0 Å². The fourth-order valence-electron chi connectivity index (χ4n) is 1.25. The maximum Gasteiger partial charge on any atom is 0.218 e. The van der Waals surface area contributed by atoms with Crippen LogP contribution in [0.3, 0.4) is 0 Å². The number of rotatable bonds is 5. The maximum absolute atomic E-state index is 5.49. The van der Waals surface area contributed by atoms with E-state index < -0.39 is 0 Å². The molecule has 0 radical (unpaired) electrons. The van der Waals surface area contributed by atoms with Gasteiger partial charge in [0.1, 0.15) is 11.6 Å². The molecule has 1 heterocycles. The summed E-state index contributed by atoms with van der Waals surface area (Å²) in [6.45, 7) is 5.76. The van der Waals surface area contributed by atoms with Gasteiger partial charge < -0.3 is 15.4 Å². The van der Waals surface area contributed by atoms with Crippen molar-refractivity contribution in [3.63, 3.8) is 0 Å². The summed E-state index contributed by atoms with van der Waals surface area (Å²) in [7, 11) is 1.95. The zero-order valence-corrected chi connectivity index (χ0v) is 9.53. The minimum absolute atomic E-state index is 0.601. The lowest BCUT2D eigenvalue weighted by atomic mass is 10.4. The Kier molecular flexibility index (Phi) is 4.30. The number of hydrogen-bond acceptors (Lipinski definition) is 5. The fourth-order valence-corrected chi connectivity index (χ4v) is 1.25. The molecule has 1 rings (SSSR count). The second kappa shape index (κ2) is 5.50. The first-order valence-corrected chi connectivity index (χ1v) is 5.07. The van der Waals surface area contributed by atoms with Crippen LogP contribution >= 0.6 is 0 Å². The normalized spacial score (nSPS) is 10.1. The Morgan fingerprint density at radius 1 is 1.47 bits per heavy atom. The number of likely N-dealkylation sites (N-methyl/N-ethyl adjacent to an activating group) is 1. The van der Waals surface area contributed by atoms with E-state index in [0.29, 0.717) is 24.9 Å². The average Bonchev–Trinajstić information content (AvgIpc) is 2.17. The van der Waals surface area contributed by atoms with Crippen molar-refractivity contribution in [2.45, 2.75) is 13.8 Å². The minimum atomic E-state index is 0.601. The molecule has 0 amide bonds. The number of ether oxygens (including phenoxy) is 1. The highest BCUT2D eigenvalue weighted by Gasteiger charge is 2.06. The summed E-state index contributed by atoms with van der Waals surface area (Å²) in [5.41, 5.74) is 5.49. The molecule has 0 bridgehead atoms. The zero-order valence-electron chi connectivity index (χ0n) is 9.53. The van der Waals surface area contributed by atoms with Crippen LogP contribution in [0.25, 0.3) is 0 Å². The van der Waals surface area contributed by atoms with Crippen molar-refractivity contribution in [2.24, 2.45) is 5.73 Å². The molecule has 0 aromatic carbocycles. The van der Waals surface area contributed by atoms with Gasteiger partial charge in [-0.1, -0.05) is 0 Å². The Labute approximate surface area is 90.3 Å². The summed E-state index contributed by atoms with van der Waals surface area (Å²) in [5.74, 6) is 2.17. The molecule has 15 heavy (non-hydrogen) atoms. The summed E-state index contributed by atoms with van der Waals surface area (Å²) in [6, 6.07) is 1.83. The topological polar surface area (TPSA) is 64.3 Å². The molecule has 0 aliphatic carbocycles. The summed E-state index contributed by atoms with van der Waals surface area (Å²) < 4.78 is 5.35. The molecule has 0 atom stereocenters. The van der Waals surface area contributed by atoms with Crippen LogP contribution in [0, 0.1) is 6.92 Å². The number of anilines is 1. The van der Waals surface area contributed by atoms with E-state index in [0.717, 1.165) is 12.4 Å². The highest BCUT2D eigenvalue weighted by atomic mass is 16.5. The predicted octanol–water partition coefficient (Wildman–Crippen LogP) is 0.579. The molecule has 0 unspecified atom stereocenters. The molecular formula is C10H18N4O.